The fraction of sp³-hybridized carbons (Fsp3) is 0.500. The van der Waals surface area contributed by atoms with Crippen LogP contribution in [0.3, 0.4) is 0 Å². The van der Waals surface area contributed by atoms with Gasteiger partial charge in [0.15, 0.2) is 5.78 Å². The number of hydrogen-bond donors (Lipinski definition) is 2. The third kappa shape index (κ3) is 5.08. The number of nitrogens with two attached hydrogens (primary N) is 1. The zero-order chi connectivity index (χ0) is 21.7. The Bertz CT molecular complexity index is 881. The third-order valence-corrected chi connectivity index (χ3v) is 7.04. The quantitative estimate of drug-likeness (QED) is 0.540. The number of benzene rings is 1. The number of hydrogen-bond acceptors (Lipinski definition) is 5. The summed E-state index contributed by atoms with van der Waals surface area (Å²) in [6.07, 6.45) is 3.99. The van der Waals surface area contributed by atoms with Gasteiger partial charge in [-0.1, -0.05) is 30.0 Å². The van der Waals surface area contributed by atoms with Gasteiger partial charge in [-0.25, -0.2) is 0 Å². The van der Waals surface area contributed by atoms with Gasteiger partial charge in [-0.15, -0.1) is 11.8 Å². The number of carbonyl (C=O) groups excluding carboxylic acids is 2. The van der Waals surface area contributed by atoms with E-state index in [0.29, 0.717) is 28.7 Å². The number of thioether (sulfide) groups is 1. The number of amides is 1. The normalized spacial score (nSPS) is 23.4. The molecule has 2 aliphatic heterocycles. The van der Waals surface area contributed by atoms with Gasteiger partial charge in [0.1, 0.15) is 6.61 Å². The molecule has 2 fully saturated rings. The number of ketones is 1. The van der Waals surface area contributed by atoms with Crippen LogP contribution < -0.4 is 5.73 Å². The molecule has 0 aliphatic carbocycles. The van der Waals surface area contributed by atoms with E-state index in [1.165, 1.54) is 24.2 Å². The summed E-state index contributed by atoms with van der Waals surface area (Å²) in [6, 6.07) is 8.67. The van der Waals surface area contributed by atoms with Gasteiger partial charge in [-0.05, 0) is 57.1 Å². The molecule has 5 nitrogen and oxygen atoms in total. The summed E-state index contributed by atoms with van der Waals surface area (Å²) in [6.45, 7) is 3.10. The minimum atomic E-state index is -0.144. The van der Waals surface area contributed by atoms with Gasteiger partial charge in [-0.2, -0.15) is 0 Å². The van der Waals surface area contributed by atoms with Crippen LogP contribution in [0.15, 0.2) is 35.5 Å². The predicted octanol–water partition coefficient (Wildman–Crippen LogP) is 2.82. The lowest BCUT2D eigenvalue weighted by Gasteiger charge is -2.39. The van der Waals surface area contributed by atoms with Crippen LogP contribution in [0.5, 0.6) is 0 Å². The number of carbonyl (C=O) groups is 2. The SMILES string of the molecule is CC(=O)C(CSCC(=O)N1C2CCC1CC(c1ccccc1C#CCO)C2)=C(C)N. The molecule has 3 rings (SSSR count). The Hall–Kier alpha value is -2.23. The number of piperidine rings is 1. The van der Waals surface area contributed by atoms with Crippen molar-refractivity contribution in [3.63, 3.8) is 0 Å². The van der Waals surface area contributed by atoms with Crippen LogP contribution in [-0.2, 0) is 9.59 Å². The molecular formula is C24H30N2O3S. The smallest absolute Gasteiger partial charge is 0.233 e. The van der Waals surface area contributed by atoms with Crippen LogP contribution in [-0.4, -0.2) is 51.9 Å². The summed E-state index contributed by atoms with van der Waals surface area (Å²) in [7, 11) is 0. The van der Waals surface area contributed by atoms with Crippen molar-refractivity contribution in [3.05, 3.63) is 46.7 Å². The summed E-state index contributed by atoms with van der Waals surface area (Å²) < 4.78 is 0. The Labute approximate surface area is 183 Å². The number of aliphatic hydroxyl groups excluding tert-OH is 1. The molecule has 3 N–H and O–H groups in total. The average Bonchev–Trinajstić information content (AvgIpc) is 2.98. The monoisotopic (exact) mass is 426 g/mol. The molecule has 2 saturated heterocycles. The van der Waals surface area contributed by atoms with E-state index < -0.39 is 0 Å². The number of nitrogens with zero attached hydrogens (tertiary/aromatic N) is 1. The first-order valence-electron chi connectivity index (χ1n) is 10.5. The van der Waals surface area contributed by atoms with E-state index in [1.807, 2.05) is 18.2 Å². The molecule has 160 valence electrons. The van der Waals surface area contributed by atoms with E-state index in [0.717, 1.165) is 31.2 Å². The van der Waals surface area contributed by atoms with E-state index in [-0.39, 0.29) is 30.4 Å². The van der Waals surface area contributed by atoms with Crippen LogP contribution in [0.4, 0.5) is 0 Å². The molecule has 2 bridgehead atoms. The molecular weight excluding hydrogens is 396 g/mol. The zero-order valence-electron chi connectivity index (χ0n) is 17.7. The summed E-state index contributed by atoms with van der Waals surface area (Å²) in [4.78, 5) is 26.7. The number of rotatable bonds is 6. The first-order valence-corrected chi connectivity index (χ1v) is 11.6. The fourth-order valence-corrected chi connectivity index (χ4v) is 5.81. The standard InChI is InChI=1S/C24H30N2O3S/c1-16(25)23(17(2)28)14-30-15-24(29)26-20-9-10-21(26)13-19(12-20)22-8-4-3-6-18(22)7-5-11-27/h3-4,6,8,19-21,27H,9-15,25H2,1-2H3. The largest absolute Gasteiger partial charge is 0.402 e. The van der Waals surface area contributed by atoms with E-state index in [1.54, 1.807) is 6.92 Å². The first kappa shape index (κ1) is 22.5. The number of allylic oxidation sites excluding steroid dienone is 1. The Balaban J connectivity index is 1.64. The van der Waals surface area contributed by atoms with Crippen molar-refractivity contribution in [1.29, 1.82) is 0 Å². The summed E-state index contributed by atoms with van der Waals surface area (Å²) in [5.74, 6) is 7.21. The van der Waals surface area contributed by atoms with Gasteiger partial charge < -0.3 is 15.7 Å². The maximum Gasteiger partial charge on any atom is 0.233 e. The van der Waals surface area contributed by atoms with E-state index in [9.17, 15) is 9.59 Å². The molecule has 1 aromatic rings. The molecule has 0 radical (unpaired) electrons. The van der Waals surface area contributed by atoms with Crippen molar-refractivity contribution >= 4 is 23.5 Å². The Morgan fingerprint density at radius 1 is 1.17 bits per heavy atom. The second kappa shape index (κ2) is 10.2. The Kier molecular flexibility index (Phi) is 7.63. The van der Waals surface area contributed by atoms with E-state index in [2.05, 4.69) is 22.8 Å². The topological polar surface area (TPSA) is 83.6 Å². The minimum absolute atomic E-state index is 0.0289. The average molecular weight is 427 g/mol. The molecule has 1 amide bonds. The predicted molar refractivity (Wildman–Crippen MR) is 121 cm³/mol. The first-order chi connectivity index (χ1) is 14.4. The Morgan fingerprint density at radius 2 is 1.83 bits per heavy atom. The van der Waals surface area contributed by atoms with Crippen molar-refractivity contribution in [2.24, 2.45) is 5.73 Å². The molecule has 0 aromatic heterocycles. The molecule has 2 unspecified atom stereocenters. The van der Waals surface area contributed by atoms with E-state index in [4.69, 9.17) is 10.8 Å². The lowest BCUT2D eigenvalue weighted by atomic mass is 9.83. The lowest BCUT2D eigenvalue weighted by molar-refractivity contribution is -0.132. The van der Waals surface area contributed by atoms with Crippen molar-refractivity contribution in [3.8, 4) is 11.8 Å². The maximum absolute atomic E-state index is 13.0. The van der Waals surface area contributed by atoms with E-state index >= 15 is 0 Å². The zero-order valence-corrected chi connectivity index (χ0v) is 18.5. The van der Waals surface area contributed by atoms with Gasteiger partial charge in [0, 0.05) is 34.7 Å². The van der Waals surface area contributed by atoms with Crippen molar-refractivity contribution in [1.82, 2.24) is 4.90 Å². The van der Waals surface area contributed by atoms with Gasteiger partial charge in [0.2, 0.25) is 5.91 Å². The molecule has 30 heavy (non-hydrogen) atoms. The van der Waals surface area contributed by atoms with Crippen molar-refractivity contribution < 1.29 is 14.7 Å². The highest BCUT2D eigenvalue weighted by atomic mass is 32.2. The molecule has 2 heterocycles. The van der Waals surface area contributed by atoms with Gasteiger partial charge in [0.25, 0.3) is 0 Å². The maximum atomic E-state index is 13.0. The second-order valence-corrected chi connectivity index (χ2v) is 9.10. The van der Waals surface area contributed by atoms with Crippen LogP contribution in [0.25, 0.3) is 0 Å². The fourth-order valence-electron chi connectivity index (χ4n) is 4.75. The molecule has 1 aromatic carbocycles. The molecule has 6 heteroatoms. The van der Waals surface area contributed by atoms with Crippen LogP contribution in [0, 0.1) is 11.8 Å². The lowest BCUT2D eigenvalue weighted by Crippen LogP contribution is -2.47. The second-order valence-electron chi connectivity index (χ2n) is 8.11. The van der Waals surface area contributed by atoms with Crippen molar-refractivity contribution in [2.45, 2.75) is 57.5 Å². The van der Waals surface area contributed by atoms with Gasteiger partial charge >= 0.3 is 0 Å². The summed E-state index contributed by atoms with van der Waals surface area (Å²) in [5, 5.41) is 9.04. The van der Waals surface area contributed by atoms with Crippen LogP contribution >= 0.6 is 11.8 Å². The minimum Gasteiger partial charge on any atom is -0.402 e. The number of Topliss-reactive ketones (excluding diaryl/α,β-unsaturated/α-hetero) is 1. The van der Waals surface area contributed by atoms with Crippen LogP contribution in [0.1, 0.15) is 56.6 Å². The van der Waals surface area contributed by atoms with Crippen molar-refractivity contribution in [2.75, 3.05) is 18.1 Å². The highest BCUT2D eigenvalue weighted by Gasteiger charge is 2.43. The number of aliphatic hydroxyl groups is 1. The highest BCUT2D eigenvalue weighted by molar-refractivity contribution is 8.00. The molecule has 0 saturated carbocycles. The molecule has 2 aliphatic rings. The van der Waals surface area contributed by atoms with Gasteiger partial charge in [-0.3, -0.25) is 9.59 Å². The Morgan fingerprint density at radius 3 is 2.43 bits per heavy atom. The van der Waals surface area contributed by atoms with Gasteiger partial charge in [0.05, 0.1) is 5.75 Å². The molecule has 2 atom stereocenters. The van der Waals surface area contributed by atoms with Crippen LogP contribution in [0.2, 0.25) is 0 Å². The third-order valence-electron chi connectivity index (χ3n) is 6.10. The molecule has 0 spiro atoms. The summed E-state index contributed by atoms with van der Waals surface area (Å²) in [5.41, 5.74) is 9.14. The highest BCUT2D eigenvalue weighted by Crippen LogP contribution is 2.44. The summed E-state index contributed by atoms with van der Waals surface area (Å²) >= 11 is 1.47. The number of fused-ring (bicyclic) bond motifs is 2.